The molecule has 26 heavy (non-hydrogen) atoms. The maximum atomic E-state index is 12.6. The molecule has 2 aromatic heterocycles. The zero-order chi connectivity index (χ0) is 17.9. The summed E-state index contributed by atoms with van der Waals surface area (Å²) in [5, 5.41) is 12.7. The number of methoxy groups -OCH3 is 1. The first-order valence-electron chi connectivity index (χ1n) is 7.88. The van der Waals surface area contributed by atoms with Crippen LogP contribution in [0.1, 0.15) is 5.56 Å². The van der Waals surface area contributed by atoms with Crippen LogP contribution in [0.4, 0.5) is 0 Å². The average Bonchev–Trinajstić information content (AvgIpc) is 3.14. The molecule has 0 saturated heterocycles. The highest BCUT2D eigenvalue weighted by atomic mass is 32.1. The van der Waals surface area contributed by atoms with E-state index in [0.29, 0.717) is 16.0 Å². The number of thiophene rings is 1. The minimum Gasteiger partial charge on any atom is -0.497 e. The molecule has 128 valence electrons. The number of aromatic nitrogens is 3. The van der Waals surface area contributed by atoms with Crippen molar-refractivity contribution < 1.29 is 4.74 Å². The molecule has 0 spiro atoms. The van der Waals surface area contributed by atoms with E-state index >= 15 is 0 Å². The van der Waals surface area contributed by atoms with Crippen LogP contribution in [0.2, 0.25) is 0 Å². The quantitative estimate of drug-likeness (QED) is 0.522. The summed E-state index contributed by atoms with van der Waals surface area (Å²) in [5.74, 6) is 0.716. The zero-order valence-corrected chi connectivity index (χ0v) is 14.7. The molecule has 0 N–H and O–H groups in total. The third-order valence-corrected chi connectivity index (χ3v) is 4.88. The van der Waals surface area contributed by atoms with E-state index in [1.54, 1.807) is 13.3 Å². The number of benzene rings is 2. The molecule has 4 aromatic rings. The number of nitrogens with zero attached hydrogens (tertiary/aromatic N) is 4. The van der Waals surface area contributed by atoms with Gasteiger partial charge in [-0.25, -0.2) is 0 Å². The van der Waals surface area contributed by atoms with Crippen molar-refractivity contribution >= 4 is 27.8 Å². The van der Waals surface area contributed by atoms with Crippen LogP contribution in [0.5, 0.6) is 5.75 Å². The van der Waals surface area contributed by atoms with Gasteiger partial charge in [0.25, 0.3) is 5.56 Å². The molecule has 0 saturated carbocycles. The molecular formula is C19H14N4O2S. The van der Waals surface area contributed by atoms with E-state index in [9.17, 15) is 4.79 Å². The van der Waals surface area contributed by atoms with Crippen LogP contribution in [0.15, 0.2) is 70.6 Å². The van der Waals surface area contributed by atoms with E-state index in [0.717, 1.165) is 20.8 Å². The Morgan fingerprint density at radius 3 is 2.77 bits per heavy atom. The second-order valence-electron chi connectivity index (χ2n) is 5.50. The maximum Gasteiger partial charge on any atom is 0.300 e. The number of hydrogen-bond acceptors (Lipinski definition) is 6. The Hall–Kier alpha value is -3.32. The van der Waals surface area contributed by atoms with Crippen molar-refractivity contribution in [2.24, 2.45) is 5.10 Å². The lowest BCUT2D eigenvalue weighted by molar-refractivity contribution is 0.414. The Bertz CT molecular complexity index is 1150. The zero-order valence-electron chi connectivity index (χ0n) is 13.9. The second kappa shape index (κ2) is 6.89. The molecule has 0 amide bonds. The van der Waals surface area contributed by atoms with Crippen LogP contribution in [0, 0.1) is 0 Å². The Morgan fingerprint density at radius 2 is 1.96 bits per heavy atom. The molecule has 0 atom stereocenters. The van der Waals surface area contributed by atoms with E-state index in [-0.39, 0.29) is 5.56 Å². The van der Waals surface area contributed by atoms with Gasteiger partial charge in [0.2, 0.25) is 0 Å². The van der Waals surface area contributed by atoms with Crippen LogP contribution in [0.25, 0.3) is 20.7 Å². The van der Waals surface area contributed by atoms with Gasteiger partial charge in [-0.1, -0.05) is 47.3 Å². The lowest BCUT2D eigenvalue weighted by atomic mass is 10.2. The van der Waals surface area contributed by atoms with Crippen LogP contribution in [-0.4, -0.2) is 28.4 Å². The van der Waals surface area contributed by atoms with E-state index in [1.807, 2.05) is 60.7 Å². The van der Waals surface area contributed by atoms with Crippen molar-refractivity contribution in [2.45, 2.75) is 0 Å². The van der Waals surface area contributed by atoms with Crippen molar-refractivity contribution in [1.82, 2.24) is 15.1 Å². The molecule has 2 aromatic carbocycles. The normalized spacial score (nSPS) is 11.3. The maximum absolute atomic E-state index is 12.6. The van der Waals surface area contributed by atoms with Gasteiger partial charge < -0.3 is 4.74 Å². The predicted molar refractivity (Wildman–Crippen MR) is 103 cm³/mol. The van der Waals surface area contributed by atoms with E-state index in [1.165, 1.54) is 11.3 Å². The van der Waals surface area contributed by atoms with Gasteiger partial charge in [0.05, 0.1) is 18.7 Å². The Morgan fingerprint density at radius 1 is 1.12 bits per heavy atom. The third-order valence-electron chi connectivity index (χ3n) is 3.81. The largest absolute Gasteiger partial charge is 0.497 e. The Balaban J connectivity index is 1.71. The lowest BCUT2D eigenvalue weighted by Gasteiger charge is -1.99. The summed E-state index contributed by atoms with van der Waals surface area (Å²) < 4.78 is 5.18. The molecule has 2 heterocycles. The van der Waals surface area contributed by atoms with E-state index < -0.39 is 0 Å². The van der Waals surface area contributed by atoms with Gasteiger partial charge in [-0.05, 0) is 34.5 Å². The van der Waals surface area contributed by atoms with Gasteiger partial charge in [0.15, 0.2) is 4.83 Å². The molecule has 7 heteroatoms. The summed E-state index contributed by atoms with van der Waals surface area (Å²) in [6, 6.07) is 19.1. The minimum absolute atomic E-state index is 0.299. The van der Waals surface area contributed by atoms with Crippen LogP contribution >= 0.6 is 11.3 Å². The van der Waals surface area contributed by atoms with Gasteiger partial charge in [0, 0.05) is 4.88 Å². The van der Waals surface area contributed by atoms with E-state index in [4.69, 9.17) is 4.74 Å². The summed E-state index contributed by atoms with van der Waals surface area (Å²) in [6.45, 7) is 0. The van der Waals surface area contributed by atoms with Crippen molar-refractivity contribution in [1.29, 1.82) is 0 Å². The van der Waals surface area contributed by atoms with Gasteiger partial charge in [0.1, 0.15) is 5.75 Å². The van der Waals surface area contributed by atoms with Gasteiger partial charge in [-0.3, -0.25) is 4.79 Å². The molecule has 6 nitrogen and oxygen atoms in total. The number of hydrogen-bond donors (Lipinski definition) is 0. The fourth-order valence-corrected chi connectivity index (χ4v) is 3.48. The first kappa shape index (κ1) is 16.2. The molecule has 0 unspecified atom stereocenters. The third kappa shape index (κ3) is 3.12. The minimum atomic E-state index is -0.299. The van der Waals surface area contributed by atoms with Crippen LogP contribution < -0.4 is 10.3 Å². The van der Waals surface area contributed by atoms with Gasteiger partial charge in [-0.2, -0.15) is 5.10 Å². The Kier molecular flexibility index (Phi) is 4.28. The van der Waals surface area contributed by atoms with Gasteiger partial charge in [-0.15, -0.1) is 16.4 Å². The summed E-state index contributed by atoms with van der Waals surface area (Å²) >= 11 is 1.44. The van der Waals surface area contributed by atoms with E-state index in [2.05, 4.69) is 15.4 Å². The molecule has 0 aliphatic rings. The molecular weight excluding hydrogens is 348 g/mol. The van der Waals surface area contributed by atoms with Crippen LogP contribution in [-0.2, 0) is 0 Å². The SMILES string of the molecule is COc1cccc(C=Nn2nnc3sc(-c4ccccc4)cc3c2=O)c1. The Labute approximate surface area is 153 Å². The molecule has 0 radical (unpaired) electrons. The first-order chi connectivity index (χ1) is 12.7. The molecule has 0 aliphatic heterocycles. The summed E-state index contributed by atoms with van der Waals surface area (Å²) in [7, 11) is 1.60. The van der Waals surface area contributed by atoms with Crippen molar-refractivity contribution in [2.75, 3.05) is 7.11 Å². The highest BCUT2D eigenvalue weighted by Crippen LogP contribution is 2.30. The number of fused-ring (bicyclic) bond motifs is 1. The van der Waals surface area contributed by atoms with Crippen molar-refractivity contribution in [3.63, 3.8) is 0 Å². The number of rotatable bonds is 4. The molecule has 0 aliphatic carbocycles. The topological polar surface area (TPSA) is 69.4 Å². The van der Waals surface area contributed by atoms with Crippen LogP contribution in [0.3, 0.4) is 0 Å². The standard InChI is InChI=1S/C19H14N4O2S/c1-25-15-9-5-6-13(10-15)12-20-23-19(24)16-11-17(26-18(16)21-22-23)14-7-3-2-4-8-14/h2-12H,1H3. The fourth-order valence-electron chi connectivity index (χ4n) is 2.50. The fraction of sp³-hybridized carbons (Fsp3) is 0.0526. The molecule has 0 bridgehead atoms. The lowest BCUT2D eigenvalue weighted by Crippen LogP contribution is -2.20. The molecule has 0 fully saturated rings. The van der Waals surface area contributed by atoms with Crippen molar-refractivity contribution in [3.8, 4) is 16.2 Å². The monoisotopic (exact) mass is 362 g/mol. The summed E-state index contributed by atoms with van der Waals surface area (Å²) in [6.07, 6.45) is 1.55. The predicted octanol–water partition coefficient (Wildman–Crippen LogP) is 3.41. The summed E-state index contributed by atoms with van der Waals surface area (Å²) in [4.78, 5) is 15.2. The number of ether oxygens (including phenoxy) is 1. The van der Waals surface area contributed by atoms with Crippen molar-refractivity contribution in [3.05, 3.63) is 76.6 Å². The highest BCUT2D eigenvalue weighted by Gasteiger charge is 2.11. The summed E-state index contributed by atoms with van der Waals surface area (Å²) in [5.41, 5.74) is 1.54. The highest BCUT2D eigenvalue weighted by molar-refractivity contribution is 7.21. The second-order valence-corrected chi connectivity index (χ2v) is 6.53. The van der Waals surface area contributed by atoms with Gasteiger partial charge >= 0.3 is 0 Å². The average molecular weight is 362 g/mol. The molecule has 4 rings (SSSR count). The smallest absolute Gasteiger partial charge is 0.300 e. The first-order valence-corrected chi connectivity index (χ1v) is 8.69.